The number of fused-ring (bicyclic) bond motifs is 1. The van der Waals surface area contributed by atoms with Crippen molar-refractivity contribution in [2.45, 2.75) is 51.5 Å². The summed E-state index contributed by atoms with van der Waals surface area (Å²) < 4.78 is 2.36. The molecule has 0 radical (unpaired) electrons. The average Bonchev–Trinajstić information content (AvgIpc) is 3.28. The predicted octanol–water partition coefficient (Wildman–Crippen LogP) is 4.79. The summed E-state index contributed by atoms with van der Waals surface area (Å²) in [5.41, 5.74) is 3.59. The van der Waals surface area contributed by atoms with E-state index in [0.717, 1.165) is 56.7 Å². The van der Waals surface area contributed by atoms with Crippen molar-refractivity contribution in [3.05, 3.63) is 66.0 Å². The zero-order chi connectivity index (χ0) is 19.3. The van der Waals surface area contributed by atoms with Crippen LogP contribution in [0.1, 0.15) is 49.9 Å². The predicted molar refractivity (Wildman–Crippen MR) is 113 cm³/mol. The lowest BCUT2D eigenvalue weighted by Gasteiger charge is -2.17. The van der Waals surface area contributed by atoms with E-state index in [2.05, 4.69) is 60.0 Å². The summed E-state index contributed by atoms with van der Waals surface area (Å²) in [5, 5.41) is 0. The zero-order valence-electron chi connectivity index (χ0n) is 16.7. The van der Waals surface area contributed by atoms with Gasteiger partial charge in [0.15, 0.2) is 0 Å². The number of aromatic nitrogens is 2. The Hall–Kier alpha value is -2.62. The molecule has 1 fully saturated rings. The first-order chi connectivity index (χ1) is 13.8. The highest BCUT2D eigenvalue weighted by Crippen LogP contribution is 2.31. The zero-order valence-corrected chi connectivity index (χ0v) is 16.7. The van der Waals surface area contributed by atoms with Crippen LogP contribution >= 0.6 is 0 Å². The van der Waals surface area contributed by atoms with E-state index >= 15 is 0 Å². The Morgan fingerprint density at radius 1 is 1.00 bits per heavy atom. The van der Waals surface area contributed by atoms with Gasteiger partial charge >= 0.3 is 0 Å². The Balaban J connectivity index is 1.54. The number of benzene rings is 2. The summed E-state index contributed by atoms with van der Waals surface area (Å²) in [6, 6.07) is 19.0. The smallest absolute Gasteiger partial charge is 0.223 e. The molecule has 4 heteroatoms. The van der Waals surface area contributed by atoms with Gasteiger partial charge in [-0.05, 0) is 37.0 Å². The summed E-state index contributed by atoms with van der Waals surface area (Å²) in [6.45, 7) is 4.79. The van der Waals surface area contributed by atoms with Crippen LogP contribution < -0.4 is 0 Å². The van der Waals surface area contributed by atoms with E-state index in [1.54, 1.807) is 0 Å². The molecule has 0 bridgehead atoms. The van der Waals surface area contributed by atoms with Crippen molar-refractivity contribution in [1.29, 1.82) is 0 Å². The Kier molecular flexibility index (Phi) is 5.75. The van der Waals surface area contributed by atoms with Crippen molar-refractivity contribution >= 4 is 16.9 Å². The van der Waals surface area contributed by atoms with Gasteiger partial charge in [-0.15, -0.1) is 0 Å². The molecule has 0 N–H and O–H groups in total. The molecule has 3 aromatic rings. The van der Waals surface area contributed by atoms with Gasteiger partial charge in [-0.2, -0.15) is 0 Å². The van der Waals surface area contributed by atoms with E-state index in [9.17, 15) is 4.79 Å². The van der Waals surface area contributed by atoms with Crippen LogP contribution in [0.4, 0.5) is 0 Å². The fraction of sp³-hybridized carbons (Fsp3) is 0.417. The summed E-state index contributed by atoms with van der Waals surface area (Å²) in [4.78, 5) is 19.5. The fourth-order valence-corrected chi connectivity index (χ4v) is 4.24. The van der Waals surface area contributed by atoms with Gasteiger partial charge in [0.1, 0.15) is 5.82 Å². The van der Waals surface area contributed by atoms with E-state index < -0.39 is 0 Å². The highest BCUT2D eigenvalue weighted by atomic mass is 16.2. The number of para-hydroxylation sites is 2. The van der Waals surface area contributed by atoms with Crippen molar-refractivity contribution in [2.24, 2.45) is 0 Å². The van der Waals surface area contributed by atoms with E-state index in [1.165, 1.54) is 11.1 Å². The quantitative estimate of drug-likeness (QED) is 0.568. The van der Waals surface area contributed by atoms with Crippen molar-refractivity contribution in [1.82, 2.24) is 14.5 Å². The maximum absolute atomic E-state index is 12.5. The maximum Gasteiger partial charge on any atom is 0.223 e. The van der Waals surface area contributed by atoms with Crippen LogP contribution in [0.5, 0.6) is 0 Å². The fourth-order valence-electron chi connectivity index (χ4n) is 4.24. The second kappa shape index (κ2) is 8.59. The van der Waals surface area contributed by atoms with Crippen LogP contribution in [0.3, 0.4) is 0 Å². The summed E-state index contributed by atoms with van der Waals surface area (Å²) in [6.07, 6.45) is 4.90. The van der Waals surface area contributed by atoms with Crippen LogP contribution in [0, 0.1) is 0 Å². The van der Waals surface area contributed by atoms with Crippen LogP contribution in [-0.4, -0.2) is 33.4 Å². The average molecular weight is 376 g/mol. The van der Waals surface area contributed by atoms with Crippen molar-refractivity contribution < 1.29 is 4.79 Å². The minimum atomic E-state index is 0.202. The third-order valence-electron chi connectivity index (χ3n) is 5.74. The molecule has 2 heterocycles. The first kappa shape index (κ1) is 18.7. The number of hydrogen-bond donors (Lipinski definition) is 0. The molecule has 146 valence electrons. The number of carbonyl (C=O) groups excluding carboxylic acids is 1. The molecule has 1 aliphatic rings. The molecule has 2 aromatic carbocycles. The van der Waals surface area contributed by atoms with E-state index in [4.69, 9.17) is 4.98 Å². The highest BCUT2D eigenvalue weighted by Gasteiger charge is 2.33. The Bertz CT molecular complexity index is 931. The van der Waals surface area contributed by atoms with Crippen LogP contribution in [-0.2, 0) is 17.8 Å². The summed E-state index contributed by atoms with van der Waals surface area (Å²) in [5.74, 6) is 1.57. The molecule has 0 saturated carbocycles. The van der Waals surface area contributed by atoms with Crippen molar-refractivity contribution in [3.8, 4) is 0 Å². The van der Waals surface area contributed by atoms with Crippen LogP contribution in [0.25, 0.3) is 11.0 Å². The van der Waals surface area contributed by atoms with Gasteiger partial charge in [0.05, 0.1) is 11.0 Å². The second-order valence-corrected chi connectivity index (χ2v) is 7.79. The molecule has 0 aliphatic carbocycles. The van der Waals surface area contributed by atoms with Gasteiger partial charge in [-0.1, -0.05) is 55.8 Å². The molecule has 4 nitrogen and oxygen atoms in total. The van der Waals surface area contributed by atoms with Crippen molar-refractivity contribution in [3.63, 3.8) is 0 Å². The molecule has 1 aliphatic heterocycles. The number of carbonyl (C=O) groups is 1. The summed E-state index contributed by atoms with van der Waals surface area (Å²) >= 11 is 0. The molecule has 1 amide bonds. The van der Waals surface area contributed by atoms with E-state index in [-0.39, 0.29) is 11.8 Å². The Morgan fingerprint density at radius 3 is 2.61 bits per heavy atom. The number of nitrogens with zero attached hydrogens (tertiary/aromatic N) is 3. The van der Waals surface area contributed by atoms with E-state index in [1.807, 2.05) is 11.0 Å². The topological polar surface area (TPSA) is 38.1 Å². The van der Waals surface area contributed by atoms with Crippen LogP contribution in [0.2, 0.25) is 0 Å². The lowest BCUT2D eigenvalue weighted by atomic mass is 10.1. The number of likely N-dealkylation sites (tertiary alicyclic amines) is 1. The largest absolute Gasteiger partial charge is 0.342 e. The third kappa shape index (κ3) is 3.96. The number of imidazole rings is 1. The molecule has 1 aromatic heterocycles. The van der Waals surface area contributed by atoms with Gasteiger partial charge in [0.25, 0.3) is 0 Å². The molecule has 1 atom stereocenters. The molecule has 0 spiro atoms. The second-order valence-electron chi connectivity index (χ2n) is 7.79. The Labute approximate surface area is 167 Å². The highest BCUT2D eigenvalue weighted by molar-refractivity contribution is 5.80. The van der Waals surface area contributed by atoms with Gasteiger partial charge in [0, 0.05) is 32.0 Å². The first-order valence-electron chi connectivity index (χ1n) is 10.5. The first-order valence-corrected chi connectivity index (χ1v) is 10.5. The number of rotatable bonds is 8. The normalized spacial score (nSPS) is 17.0. The Morgan fingerprint density at radius 2 is 1.79 bits per heavy atom. The van der Waals surface area contributed by atoms with Gasteiger partial charge in [-0.3, -0.25) is 4.79 Å². The number of hydrogen-bond acceptors (Lipinski definition) is 2. The monoisotopic (exact) mass is 375 g/mol. The molecule has 0 unspecified atom stereocenters. The number of amides is 1. The lowest BCUT2D eigenvalue weighted by Crippen LogP contribution is -2.26. The summed E-state index contributed by atoms with van der Waals surface area (Å²) in [7, 11) is 0. The minimum absolute atomic E-state index is 0.202. The third-order valence-corrected chi connectivity index (χ3v) is 5.74. The van der Waals surface area contributed by atoms with Crippen molar-refractivity contribution in [2.75, 3.05) is 13.1 Å². The molecule has 4 rings (SSSR count). The van der Waals surface area contributed by atoms with Gasteiger partial charge in [-0.25, -0.2) is 4.98 Å². The molecule has 28 heavy (non-hydrogen) atoms. The molecular weight excluding hydrogens is 346 g/mol. The van der Waals surface area contributed by atoms with Gasteiger partial charge < -0.3 is 9.47 Å². The molecule has 1 saturated heterocycles. The van der Waals surface area contributed by atoms with E-state index in [0.29, 0.717) is 6.42 Å². The minimum Gasteiger partial charge on any atom is -0.342 e. The van der Waals surface area contributed by atoms with Crippen LogP contribution in [0.15, 0.2) is 54.6 Å². The molecular formula is C24H29N3O. The standard InChI is InChI=1S/C24H29N3O/c1-2-3-15-26-18-20(17-23(26)28)24-25-21-13-7-8-14-22(21)27(24)16-9-12-19-10-5-4-6-11-19/h4-8,10-11,13-14,20H,2-3,9,12,15-18H2,1H3/t20-/m0/s1. The number of unbranched alkanes of at least 4 members (excludes halogenated alkanes) is 1. The van der Waals surface area contributed by atoms with Gasteiger partial charge in [0.2, 0.25) is 5.91 Å². The lowest BCUT2D eigenvalue weighted by molar-refractivity contribution is -0.127. The maximum atomic E-state index is 12.5. The number of aryl methyl sites for hydroxylation is 2. The SMILES string of the molecule is CCCCN1C[C@@H](c2nc3ccccc3n2CCCc2ccccc2)CC1=O.